The van der Waals surface area contributed by atoms with Crippen LogP contribution < -0.4 is 11.5 Å². The minimum atomic E-state index is -1.93. The predicted octanol–water partition coefficient (Wildman–Crippen LogP) is 1.82. The minimum absolute atomic E-state index is 0.102. The molecule has 0 aliphatic rings. The van der Waals surface area contributed by atoms with Crippen molar-refractivity contribution >= 4 is 46.3 Å². The van der Waals surface area contributed by atoms with Gasteiger partial charge in [0.15, 0.2) is 0 Å². The largest absolute Gasteiger partial charge is 0.396 e. The van der Waals surface area contributed by atoms with E-state index in [4.69, 9.17) is 56.8 Å². The summed E-state index contributed by atoms with van der Waals surface area (Å²) >= 11 is 16.8. The molecular weight excluding hydrogens is 272 g/mol. The molecule has 0 amide bonds. The van der Waals surface area contributed by atoms with Crippen LogP contribution in [0, 0.1) is 22.7 Å². The smallest absolute Gasteiger partial charge is 0.234 e. The fourth-order valence-corrected chi connectivity index (χ4v) is 1.47. The van der Waals surface area contributed by atoms with Crippen LogP contribution in [0.5, 0.6) is 0 Å². The Morgan fingerprint density at radius 2 is 1.56 bits per heavy atom. The van der Waals surface area contributed by atoms with Crippen LogP contribution in [0.4, 0.5) is 11.5 Å². The number of nitriles is 2. The van der Waals surface area contributed by atoms with E-state index < -0.39 is 3.79 Å². The molecular formula is C8H4Cl3N5. The lowest BCUT2D eigenvalue weighted by Crippen LogP contribution is -2.13. The Balaban J connectivity index is 3.71. The Kier molecular flexibility index (Phi) is 3.35. The molecule has 0 fully saturated rings. The first-order chi connectivity index (χ1) is 7.32. The van der Waals surface area contributed by atoms with E-state index in [0.29, 0.717) is 0 Å². The van der Waals surface area contributed by atoms with Gasteiger partial charge in [-0.15, -0.1) is 0 Å². The van der Waals surface area contributed by atoms with Crippen molar-refractivity contribution in [2.24, 2.45) is 0 Å². The predicted molar refractivity (Wildman–Crippen MR) is 61.7 cm³/mol. The number of nitrogen functional groups attached to an aromatic ring is 2. The van der Waals surface area contributed by atoms with Crippen LogP contribution in [0.2, 0.25) is 0 Å². The fraction of sp³-hybridized carbons (Fsp3) is 0.125. The zero-order valence-corrected chi connectivity index (χ0v) is 9.90. The quantitative estimate of drug-likeness (QED) is 0.702. The number of hydrogen-bond donors (Lipinski definition) is 2. The second kappa shape index (κ2) is 4.23. The van der Waals surface area contributed by atoms with Crippen molar-refractivity contribution < 1.29 is 0 Å². The highest BCUT2D eigenvalue weighted by Gasteiger charge is 2.31. The maximum atomic E-state index is 8.88. The van der Waals surface area contributed by atoms with Gasteiger partial charge >= 0.3 is 0 Å². The first-order valence-corrected chi connectivity index (χ1v) is 4.92. The summed E-state index contributed by atoms with van der Waals surface area (Å²) < 4.78 is -1.93. The van der Waals surface area contributed by atoms with Crippen LogP contribution >= 0.6 is 34.8 Å². The zero-order chi connectivity index (χ0) is 12.5. The lowest BCUT2D eigenvalue weighted by atomic mass is 10.1. The number of aromatic nitrogens is 1. The summed E-state index contributed by atoms with van der Waals surface area (Å²) in [5, 5.41) is 17.6. The monoisotopic (exact) mass is 275 g/mol. The third-order valence-corrected chi connectivity index (χ3v) is 2.29. The van der Waals surface area contributed by atoms with Gasteiger partial charge in [-0.3, -0.25) is 0 Å². The average molecular weight is 277 g/mol. The van der Waals surface area contributed by atoms with Crippen LogP contribution in [0.25, 0.3) is 0 Å². The van der Waals surface area contributed by atoms with Crippen LogP contribution in [-0.2, 0) is 3.79 Å². The fourth-order valence-electron chi connectivity index (χ4n) is 1.06. The standard InChI is InChI=1S/C8H4Cl3N5/c9-8(10,11)6-3(1-12)5(14)4(2-13)7(15)16-6/h(H4,14,15,16). The van der Waals surface area contributed by atoms with Crippen LogP contribution in [-0.4, -0.2) is 4.98 Å². The van der Waals surface area contributed by atoms with Gasteiger partial charge in [0, 0.05) is 0 Å². The molecule has 1 aromatic rings. The Labute approximate surface area is 106 Å². The zero-order valence-electron chi connectivity index (χ0n) is 7.63. The summed E-state index contributed by atoms with van der Waals surface area (Å²) in [6.45, 7) is 0. The summed E-state index contributed by atoms with van der Waals surface area (Å²) in [5.41, 5.74) is 10.4. The van der Waals surface area contributed by atoms with E-state index in [1.165, 1.54) is 0 Å². The first kappa shape index (κ1) is 12.7. The van der Waals surface area contributed by atoms with Crippen molar-refractivity contribution in [3.8, 4) is 12.1 Å². The number of nitrogens with zero attached hydrogens (tertiary/aromatic N) is 3. The highest BCUT2D eigenvalue weighted by atomic mass is 35.6. The van der Waals surface area contributed by atoms with Crippen molar-refractivity contribution in [2.45, 2.75) is 3.79 Å². The average Bonchev–Trinajstić information content (AvgIpc) is 2.16. The number of hydrogen-bond acceptors (Lipinski definition) is 5. The molecule has 0 aliphatic heterocycles. The second-order valence-corrected chi connectivity index (χ2v) is 5.01. The molecule has 0 radical (unpaired) electrons. The molecule has 0 atom stereocenters. The number of halogens is 3. The maximum absolute atomic E-state index is 8.88. The normalized spacial score (nSPS) is 10.6. The van der Waals surface area contributed by atoms with E-state index >= 15 is 0 Å². The summed E-state index contributed by atoms with van der Waals surface area (Å²) in [6.07, 6.45) is 0. The molecule has 1 rings (SSSR count). The Hall–Kier alpha value is -1.40. The Morgan fingerprint density at radius 1 is 1.06 bits per heavy atom. The number of anilines is 2. The molecule has 0 bridgehead atoms. The molecule has 0 unspecified atom stereocenters. The summed E-state index contributed by atoms with van der Waals surface area (Å²) in [4.78, 5) is 3.70. The maximum Gasteiger partial charge on any atom is 0.234 e. The Bertz CT molecular complexity index is 520. The molecule has 0 aromatic carbocycles. The number of nitrogens with two attached hydrogens (primary N) is 2. The molecule has 5 nitrogen and oxygen atoms in total. The van der Waals surface area contributed by atoms with Gasteiger partial charge < -0.3 is 11.5 Å². The van der Waals surface area contributed by atoms with E-state index in [9.17, 15) is 0 Å². The molecule has 1 aromatic heterocycles. The molecule has 1 heterocycles. The third kappa shape index (κ3) is 2.07. The highest BCUT2D eigenvalue weighted by molar-refractivity contribution is 6.66. The summed E-state index contributed by atoms with van der Waals surface area (Å²) in [7, 11) is 0. The van der Waals surface area contributed by atoms with Gasteiger partial charge in [-0.25, -0.2) is 4.98 Å². The van der Waals surface area contributed by atoms with E-state index in [-0.39, 0.29) is 28.3 Å². The first-order valence-electron chi connectivity index (χ1n) is 3.79. The van der Waals surface area contributed by atoms with E-state index in [1.54, 1.807) is 12.1 Å². The molecule has 8 heteroatoms. The summed E-state index contributed by atoms with van der Waals surface area (Å²) in [5.74, 6) is -0.180. The van der Waals surface area contributed by atoms with Crippen molar-refractivity contribution in [2.75, 3.05) is 11.5 Å². The molecule has 82 valence electrons. The van der Waals surface area contributed by atoms with Crippen LogP contribution in [0.3, 0.4) is 0 Å². The molecule has 4 N–H and O–H groups in total. The molecule has 0 aliphatic carbocycles. The Morgan fingerprint density at radius 3 is 1.94 bits per heavy atom. The van der Waals surface area contributed by atoms with E-state index in [2.05, 4.69) is 4.98 Å². The molecule has 0 saturated heterocycles. The lowest BCUT2D eigenvalue weighted by molar-refractivity contribution is 1.08. The van der Waals surface area contributed by atoms with Gasteiger partial charge in [0.2, 0.25) is 3.79 Å². The van der Waals surface area contributed by atoms with Gasteiger partial charge in [0.1, 0.15) is 34.8 Å². The molecule has 0 saturated carbocycles. The van der Waals surface area contributed by atoms with Gasteiger partial charge in [0.05, 0.1) is 5.69 Å². The second-order valence-electron chi connectivity index (χ2n) is 2.73. The van der Waals surface area contributed by atoms with E-state index in [1.807, 2.05) is 0 Å². The van der Waals surface area contributed by atoms with Crippen LogP contribution in [0.15, 0.2) is 0 Å². The van der Waals surface area contributed by atoms with Crippen molar-refractivity contribution in [1.82, 2.24) is 4.98 Å². The van der Waals surface area contributed by atoms with Crippen molar-refractivity contribution in [3.63, 3.8) is 0 Å². The van der Waals surface area contributed by atoms with Crippen molar-refractivity contribution in [3.05, 3.63) is 16.8 Å². The van der Waals surface area contributed by atoms with Gasteiger partial charge in [-0.05, 0) is 0 Å². The van der Waals surface area contributed by atoms with E-state index in [0.717, 1.165) is 0 Å². The minimum Gasteiger partial charge on any atom is -0.396 e. The lowest BCUT2D eigenvalue weighted by Gasteiger charge is -2.14. The number of rotatable bonds is 0. The number of alkyl halides is 3. The third-order valence-electron chi connectivity index (χ3n) is 1.76. The van der Waals surface area contributed by atoms with Gasteiger partial charge in [0.25, 0.3) is 0 Å². The number of pyridine rings is 1. The van der Waals surface area contributed by atoms with Crippen molar-refractivity contribution in [1.29, 1.82) is 10.5 Å². The molecule has 0 spiro atoms. The van der Waals surface area contributed by atoms with Gasteiger partial charge in [-0.1, -0.05) is 34.8 Å². The highest BCUT2D eigenvalue weighted by Crippen LogP contribution is 2.41. The topological polar surface area (TPSA) is 113 Å². The van der Waals surface area contributed by atoms with Crippen LogP contribution in [0.1, 0.15) is 16.8 Å². The van der Waals surface area contributed by atoms with Gasteiger partial charge in [-0.2, -0.15) is 10.5 Å². The summed E-state index contributed by atoms with van der Waals surface area (Å²) in [6, 6.07) is 3.45. The SMILES string of the molecule is N#Cc1c(N)nc(C(Cl)(Cl)Cl)c(C#N)c1N. The molecule has 16 heavy (non-hydrogen) atoms.